The van der Waals surface area contributed by atoms with Gasteiger partial charge in [0.1, 0.15) is 6.10 Å². The van der Waals surface area contributed by atoms with Gasteiger partial charge in [-0.25, -0.2) is 9.59 Å². The van der Waals surface area contributed by atoms with Crippen LogP contribution in [0.5, 0.6) is 0 Å². The maximum absolute atomic E-state index is 11.7. The van der Waals surface area contributed by atoms with Crippen molar-refractivity contribution in [2.24, 2.45) is 5.92 Å². The van der Waals surface area contributed by atoms with Crippen LogP contribution >= 0.6 is 0 Å². The van der Waals surface area contributed by atoms with Crippen molar-refractivity contribution in [3.05, 3.63) is 12.2 Å². The number of ether oxygens (including phenoxy) is 2. The van der Waals surface area contributed by atoms with Crippen molar-refractivity contribution in [2.45, 2.75) is 72.3 Å². The van der Waals surface area contributed by atoms with Gasteiger partial charge in [0, 0.05) is 12.2 Å². The largest absolute Gasteiger partial charge is 0.463 e. The molecule has 0 aliphatic carbocycles. The molecule has 0 aliphatic heterocycles. The SMILES string of the molecule is CCCOC(=O)/C=C/C(=O)OC(CC)CCC(CC)CC. The highest BCUT2D eigenvalue weighted by molar-refractivity contribution is 5.91. The van der Waals surface area contributed by atoms with Gasteiger partial charge in [-0.05, 0) is 31.6 Å². The first-order valence-corrected chi connectivity index (χ1v) is 8.12. The third kappa shape index (κ3) is 10.1. The van der Waals surface area contributed by atoms with Crippen LogP contribution in [0.3, 0.4) is 0 Å². The molecule has 0 spiro atoms. The minimum absolute atomic E-state index is 0.0746. The van der Waals surface area contributed by atoms with Crippen molar-refractivity contribution >= 4 is 11.9 Å². The van der Waals surface area contributed by atoms with Crippen LogP contribution in [0.1, 0.15) is 66.2 Å². The van der Waals surface area contributed by atoms with Gasteiger partial charge >= 0.3 is 11.9 Å². The molecule has 0 N–H and O–H groups in total. The lowest BCUT2D eigenvalue weighted by molar-refractivity contribution is -0.144. The van der Waals surface area contributed by atoms with Gasteiger partial charge < -0.3 is 9.47 Å². The van der Waals surface area contributed by atoms with Gasteiger partial charge in [-0.2, -0.15) is 0 Å². The number of carbonyl (C=O) groups is 2. The van der Waals surface area contributed by atoms with E-state index in [4.69, 9.17) is 9.47 Å². The quantitative estimate of drug-likeness (QED) is 0.427. The van der Waals surface area contributed by atoms with Crippen molar-refractivity contribution in [1.82, 2.24) is 0 Å². The van der Waals surface area contributed by atoms with Crippen LogP contribution in [0.2, 0.25) is 0 Å². The molecule has 0 fully saturated rings. The minimum Gasteiger partial charge on any atom is -0.463 e. The smallest absolute Gasteiger partial charge is 0.331 e. The van der Waals surface area contributed by atoms with Gasteiger partial charge in [0.15, 0.2) is 0 Å². The monoisotopic (exact) mass is 298 g/mol. The van der Waals surface area contributed by atoms with E-state index < -0.39 is 11.9 Å². The summed E-state index contributed by atoms with van der Waals surface area (Å²) in [5, 5.41) is 0. The maximum atomic E-state index is 11.7. The van der Waals surface area contributed by atoms with Crippen molar-refractivity contribution in [3.63, 3.8) is 0 Å². The number of esters is 2. The number of carbonyl (C=O) groups excluding carboxylic acids is 2. The number of hydrogen-bond donors (Lipinski definition) is 0. The summed E-state index contributed by atoms with van der Waals surface area (Å²) in [6.07, 6.45) is 8.02. The minimum atomic E-state index is -0.501. The van der Waals surface area contributed by atoms with E-state index in [0.717, 1.165) is 50.7 Å². The van der Waals surface area contributed by atoms with E-state index in [9.17, 15) is 9.59 Å². The Hall–Kier alpha value is -1.32. The molecule has 0 rings (SSSR count). The highest BCUT2D eigenvalue weighted by Gasteiger charge is 2.13. The summed E-state index contributed by atoms with van der Waals surface area (Å²) in [6, 6.07) is 0. The van der Waals surface area contributed by atoms with Crippen molar-refractivity contribution in [2.75, 3.05) is 6.61 Å². The standard InChI is InChI=1S/C17H30O4/c1-5-13-20-16(18)11-12-17(19)21-15(8-4)10-9-14(6-2)7-3/h11-12,14-15H,5-10,13H2,1-4H3/b12-11+. The molecule has 4 nitrogen and oxygen atoms in total. The van der Waals surface area contributed by atoms with Crippen LogP contribution < -0.4 is 0 Å². The van der Waals surface area contributed by atoms with Crippen molar-refractivity contribution < 1.29 is 19.1 Å². The molecule has 0 radical (unpaired) electrons. The first-order valence-electron chi connectivity index (χ1n) is 8.12. The van der Waals surface area contributed by atoms with Crippen molar-refractivity contribution in [3.8, 4) is 0 Å². The van der Waals surface area contributed by atoms with Crippen LogP contribution in [-0.2, 0) is 19.1 Å². The molecular weight excluding hydrogens is 268 g/mol. The first kappa shape index (κ1) is 19.7. The van der Waals surface area contributed by atoms with E-state index in [2.05, 4.69) is 13.8 Å². The van der Waals surface area contributed by atoms with Crippen LogP contribution in [0.25, 0.3) is 0 Å². The Balaban J connectivity index is 4.14. The average molecular weight is 298 g/mol. The summed E-state index contributed by atoms with van der Waals surface area (Å²) < 4.78 is 10.2. The topological polar surface area (TPSA) is 52.6 Å². The summed E-state index contributed by atoms with van der Waals surface area (Å²) >= 11 is 0. The molecule has 0 bridgehead atoms. The predicted molar refractivity (Wildman–Crippen MR) is 83.9 cm³/mol. The normalized spacial score (nSPS) is 12.6. The van der Waals surface area contributed by atoms with Crippen molar-refractivity contribution in [1.29, 1.82) is 0 Å². The van der Waals surface area contributed by atoms with Gasteiger partial charge in [-0.15, -0.1) is 0 Å². The summed E-state index contributed by atoms with van der Waals surface area (Å²) in [6.45, 7) is 8.66. The van der Waals surface area contributed by atoms with Gasteiger partial charge in [0.25, 0.3) is 0 Å². The van der Waals surface area contributed by atoms with Gasteiger partial charge in [0.05, 0.1) is 6.61 Å². The molecule has 0 saturated heterocycles. The predicted octanol–water partition coefficient (Wildman–Crippen LogP) is 4.03. The Labute approximate surface area is 128 Å². The molecule has 0 saturated carbocycles. The molecule has 0 aromatic carbocycles. The third-order valence-electron chi connectivity index (χ3n) is 3.59. The lowest BCUT2D eigenvalue weighted by atomic mass is 9.95. The zero-order valence-electron chi connectivity index (χ0n) is 13.9. The Bertz CT molecular complexity index is 319. The molecule has 0 aromatic rings. The van der Waals surface area contributed by atoms with Crippen LogP contribution in [-0.4, -0.2) is 24.6 Å². The second-order valence-corrected chi connectivity index (χ2v) is 5.23. The van der Waals surface area contributed by atoms with Crippen LogP contribution in [0, 0.1) is 5.92 Å². The zero-order valence-corrected chi connectivity index (χ0v) is 13.9. The molecular formula is C17H30O4. The van der Waals surface area contributed by atoms with Gasteiger partial charge in [0.2, 0.25) is 0 Å². The second kappa shape index (κ2) is 12.4. The highest BCUT2D eigenvalue weighted by Crippen LogP contribution is 2.18. The second-order valence-electron chi connectivity index (χ2n) is 5.23. The van der Waals surface area contributed by atoms with Crippen LogP contribution in [0.15, 0.2) is 12.2 Å². The molecule has 21 heavy (non-hydrogen) atoms. The molecule has 1 unspecified atom stereocenters. The molecule has 0 amide bonds. The number of hydrogen-bond acceptors (Lipinski definition) is 4. The molecule has 4 heteroatoms. The molecule has 1 atom stereocenters. The summed E-state index contributed by atoms with van der Waals surface area (Å²) in [5.74, 6) is -0.281. The molecule has 0 aromatic heterocycles. The fraction of sp³-hybridized carbons (Fsp3) is 0.765. The summed E-state index contributed by atoms with van der Waals surface area (Å²) in [7, 11) is 0. The fourth-order valence-corrected chi connectivity index (χ4v) is 2.06. The number of rotatable bonds is 11. The van der Waals surface area contributed by atoms with Gasteiger partial charge in [-0.3, -0.25) is 0 Å². The van der Waals surface area contributed by atoms with E-state index in [0.29, 0.717) is 12.5 Å². The Morgan fingerprint density at radius 1 is 0.905 bits per heavy atom. The van der Waals surface area contributed by atoms with E-state index in [1.54, 1.807) is 0 Å². The lowest BCUT2D eigenvalue weighted by Crippen LogP contribution is -2.17. The lowest BCUT2D eigenvalue weighted by Gasteiger charge is -2.18. The van der Waals surface area contributed by atoms with Gasteiger partial charge in [-0.1, -0.05) is 40.5 Å². The Morgan fingerprint density at radius 2 is 1.52 bits per heavy atom. The van der Waals surface area contributed by atoms with E-state index >= 15 is 0 Å². The average Bonchev–Trinajstić information content (AvgIpc) is 2.50. The summed E-state index contributed by atoms with van der Waals surface area (Å²) in [5.41, 5.74) is 0. The molecule has 122 valence electrons. The summed E-state index contributed by atoms with van der Waals surface area (Å²) in [4.78, 5) is 22.9. The third-order valence-corrected chi connectivity index (χ3v) is 3.59. The highest BCUT2D eigenvalue weighted by atomic mass is 16.5. The zero-order chi connectivity index (χ0) is 16.1. The van der Waals surface area contributed by atoms with Crippen LogP contribution in [0.4, 0.5) is 0 Å². The Kier molecular flexibility index (Phi) is 11.6. The molecule has 0 heterocycles. The first-order chi connectivity index (χ1) is 10.1. The molecule has 0 aliphatic rings. The van der Waals surface area contributed by atoms with E-state index in [-0.39, 0.29) is 6.10 Å². The maximum Gasteiger partial charge on any atom is 0.331 e. The van der Waals surface area contributed by atoms with E-state index in [1.807, 2.05) is 13.8 Å². The fourth-order valence-electron chi connectivity index (χ4n) is 2.06. The Morgan fingerprint density at radius 3 is 2.05 bits per heavy atom. The van der Waals surface area contributed by atoms with E-state index in [1.165, 1.54) is 0 Å².